The normalized spacial score (nSPS) is 15.1. The number of carbonyl (C=O) groups excluding carboxylic acids is 2. The number of nitrogens with zero attached hydrogens (tertiary/aromatic N) is 1. The number of para-hydroxylation sites is 1. The average molecular weight is 404 g/mol. The highest BCUT2D eigenvalue weighted by atomic mass is 35.5. The molecule has 0 radical (unpaired) electrons. The van der Waals surface area contributed by atoms with Crippen molar-refractivity contribution in [1.29, 1.82) is 0 Å². The number of likely N-dealkylation sites (N-methyl/N-ethyl adjacent to an activating group) is 1. The van der Waals surface area contributed by atoms with E-state index in [0.717, 1.165) is 5.69 Å². The van der Waals surface area contributed by atoms with Crippen LogP contribution in [-0.2, 0) is 4.79 Å². The minimum Gasteiger partial charge on any atom is -0.490 e. The van der Waals surface area contributed by atoms with Crippen LogP contribution < -0.4 is 20.1 Å². The van der Waals surface area contributed by atoms with Gasteiger partial charge in [-0.05, 0) is 36.8 Å². The van der Waals surface area contributed by atoms with Crippen molar-refractivity contribution in [1.82, 2.24) is 10.2 Å². The summed E-state index contributed by atoms with van der Waals surface area (Å²) in [5, 5.41) is 6.48. The molecule has 28 heavy (non-hydrogen) atoms. The van der Waals surface area contributed by atoms with E-state index in [1.54, 1.807) is 32.3 Å². The fourth-order valence-electron chi connectivity index (χ4n) is 2.79. The molecule has 0 bridgehead atoms. The Kier molecular flexibility index (Phi) is 5.94. The SMILES string of the molecule is CCOc1cc(C2NC(=O)c3ccccc3N2)cc(Cl)c1OCC(=O)N(C)C. The van der Waals surface area contributed by atoms with Crippen molar-refractivity contribution in [2.24, 2.45) is 0 Å². The molecule has 0 fully saturated rings. The number of anilines is 1. The van der Waals surface area contributed by atoms with Crippen LogP contribution in [0.3, 0.4) is 0 Å². The number of hydrogen-bond acceptors (Lipinski definition) is 5. The summed E-state index contributed by atoms with van der Waals surface area (Å²) < 4.78 is 11.3. The Bertz CT molecular complexity index is 901. The van der Waals surface area contributed by atoms with Gasteiger partial charge >= 0.3 is 0 Å². The van der Waals surface area contributed by atoms with E-state index in [0.29, 0.717) is 34.3 Å². The molecule has 148 valence electrons. The molecule has 1 aliphatic rings. The van der Waals surface area contributed by atoms with Gasteiger partial charge in [0.2, 0.25) is 0 Å². The lowest BCUT2D eigenvalue weighted by atomic mass is 10.1. The lowest BCUT2D eigenvalue weighted by Crippen LogP contribution is -2.38. The van der Waals surface area contributed by atoms with Crippen LogP contribution in [-0.4, -0.2) is 44.0 Å². The van der Waals surface area contributed by atoms with E-state index in [2.05, 4.69) is 10.6 Å². The molecule has 3 rings (SSSR count). The number of fused-ring (bicyclic) bond motifs is 1. The topological polar surface area (TPSA) is 79.9 Å². The van der Waals surface area contributed by atoms with Crippen molar-refractivity contribution in [3.63, 3.8) is 0 Å². The van der Waals surface area contributed by atoms with Gasteiger partial charge in [0.1, 0.15) is 6.17 Å². The molecule has 1 heterocycles. The smallest absolute Gasteiger partial charge is 0.259 e. The molecular weight excluding hydrogens is 382 g/mol. The van der Waals surface area contributed by atoms with Crippen molar-refractivity contribution < 1.29 is 19.1 Å². The summed E-state index contributed by atoms with van der Waals surface area (Å²) in [7, 11) is 3.30. The lowest BCUT2D eigenvalue weighted by Gasteiger charge is -2.28. The number of halogens is 1. The van der Waals surface area contributed by atoms with Crippen LogP contribution in [0.2, 0.25) is 5.02 Å². The first-order chi connectivity index (χ1) is 13.4. The minimum absolute atomic E-state index is 0.155. The third-order valence-electron chi connectivity index (χ3n) is 4.25. The number of ether oxygens (including phenoxy) is 2. The summed E-state index contributed by atoms with van der Waals surface area (Å²) in [4.78, 5) is 25.6. The molecule has 1 unspecified atom stereocenters. The predicted octanol–water partition coefficient (Wildman–Crippen LogP) is 3.06. The molecule has 7 nitrogen and oxygen atoms in total. The van der Waals surface area contributed by atoms with Gasteiger partial charge in [-0.1, -0.05) is 23.7 Å². The minimum atomic E-state index is -0.475. The Morgan fingerprint density at radius 3 is 2.64 bits per heavy atom. The zero-order valence-corrected chi connectivity index (χ0v) is 16.7. The molecule has 8 heteroatoms. The Labute approximate surface area is 168 Å². The first-order valence-electron chi connectivity index (χ1n) is 8.86. The Morgan fingerprint density at radius 1 is 1.18 bits per heavy atom. The summed E-state index contributed by atoms with van der Waals surface area (Å²) in [6.07, 6.45) is -0.475. The van der Waals surface area contributed by atoms with Crippen LogP contribution in [0, 0.1) is 0 Å². The number of benzene rings is 2. The molecule has 2 aromatic carbocycles. The quantitative estimate of drug-likeness (QED) is 0.774. The zero-order valence-electron chi connectivity index (χ0n) is 15.9. The molecule has 0 spiro atoms. The second kappa shape index (κ2) is 8.39. The summed E-state index contributed by atoms with van der Waals surface area (Å²) in [5.41, 5.74) is 2.03. The summed E-state index contributed by atoms with van der Waals surface area (Å²) in [6.45, 7) is 2.08. The fraction of sp³-hybridized carbons (Fsp3) is 0.300. The highest BCUT2D eigenvalue weighted by molar-refractivity contribution is 6.32. The van der Waals surface area contributed by atoms with Crippen molar-refractivity contribution in [3.8, 4) is 11.5 Å². The van der Waals surface area contributed by atoms with Crippen LogP contribution >= 0.6 is 11.6 Å². The van der Waals surface area contributed by atoms with Gasteiger partial charge in [-0.15, -0.1) is 0 Å². The Balaban J connectivity index is 1.89. The van der Waals surface area contributed by atoms with Gasteiger partial charge < -0.3 is 25.0 Å². The van der Waals surface area contributed by atoms with Gasteiger partial charge in [0.25, 0.3) is 11.8 Å². The number of amides is 2. The number of hydrogen-bond donors (Lipinski definition) is 2. The van der Waals surface area contributed by atoms with E-state index >= 15 is 0 Å². The molecule has 1 atom stereocenters. The molecule has 1 aliphatic heterocycles. The maximum Gasteiger partial charge on any atom is 0.259 e. The summed E-state index contributed by atoms with van der Waals surface area (Å²) >= 11 is 6.42. The summed E-state index contributed by atoms with van der Waals surface area (Å²) in [6, 6.07) is 10.7. The summed E-state index contributed by atoms with van der Waals surface area (Å²) in [5.74, 6) is 0.335. The molecule has 0 saturated carbocycles. The van der Waals surface area contributed by atoms with E-state index in [4.69, 9.17) is 21.1 Å². The number of rotatable bonds is 6. The lowest BCUT2D eigenvalue weighted by molar-refractivity contribution is -0.130. The molecule has 2 aromatic rings. The van der Waals surface area contributed by atoms with Crippen LogP contribution in [0.15, 0.2) is 36.4 Å². The predicted molar refractivity (Wildman–Crippen MR) is 107 cm³/mol. The van der Waals surface area contributed by atoms with Gasteiger partial charge in [-0.3, -0.25) is 9.59 Å². The number of carbonyl (C=O) groups is 2. The maximum absolute atomic E-state index is 12.4. The fourth-order valence-corrected chi connectivity index (χ4v) is 3.07. The highest BCUT2D eigenvalue weighted by Gasteiger charge is 2.26. The van der Waals surface area contributed by atoms with E-state index < -0.39 is 6.17 Å². The molecule has 0 saturated heterocycles. The maximum atomic E-state index is 12.4. The molecule has 0 aromatic heterocycles. The third kappa shape index (κ3) is 4.14. The molecule has 2 amide bonds. The van der Waals surface area contributed by atoms with E-state index in [9.17, 15) is 9.59 Å². The largest absolute Gasteiger partial charge is 0.490 e. The van der Waals surface area contributed by atoms with Crippen molar-refractivity contribution >= 4 is 29.1 Å². The Hall–Kier alpha value is -2.93. The monoisotopic (exact) mass is 403 g/mol. The van der Waals surface area contributed by atoms with Crippen LogP contribution in [0.1, 0.15) is 29.0 Å². The second-order valence-corrected chi connectivity index (χ2v) is 6.84. The van der Waals surface area contributed by atoms with Gasteiger partial charge in [0, 0.05) is 19.8 Å². The van der Waals surface area contributed by atoms with Crippen LogP contribution in [0.25, 0.3) is 0 Å². The van der Waals surface area contributed by atoms with Crippen LogP contribution in [0.4, 0.5) is 5.69 Å². The van der Waals surface area contributed by atoms with Crippen molar-refractivity contribution in [2.45, 2.75) is 13.1 Å². The molecular formula is C20H22ClN3O4. The first kappa shape index (κ1) is 19.8. The van der Waals surface area contributed by atoms with E-state index in [-0.39, 0.29) is 18.4 Å². The highest BCUT2D eigenvalue weighted by Crippen LogP contribution is 2.39. The Morgan fingerprint density at radius 2 is 1.93 bits per heavy atom. The van der Waals surface area contributed by atoms with Gasteiger partial charge in [0.15, 0.2) is 18.1 Å². The van der Waals surface area contributed by atoms with Crippen molar-refractivity contribution in [3.05, 3.63) is 52.5 Å². The van der Waals surface area contributed by atoms with E-state index in [1.165, 1.54) is 4.90 Å². The van der Waals surface area contributed by atoms with Crippen LogP contribution in [0.5, 0.6) is 11.5 Å². The van der Waals surface area contributed by atoms with E-state index in [1.807, 2.05) is 25.1 Å². The first-order valence-corrected chi connectivity index (χ1v) is 9.24. The van der Waals surface area contributed by atoms with Gasteiger partial charge in [0.05, 0.1) is 17.2 Å². The van der Waals surface area contributed by atoms with Crippen molar-refractivity contribution in [2.75, 3.05) is 32.6 Å². The standard InChI is InChI=1S/C20H22ClN3O4/c1-4-27-16-10-12(9-14(21)18(16)28-11-17(25)24(2)3)19-22-15-8-6-5-7-13(15)20(26)23-19/h5-10,19,22H,4,11H2,1-3H3,(H,23,26). The number of nitrogens with one attached hydrogen (secondary N) is 2. The third-order valence-corrected chi connectivity index (χ3v) is 4.53. The van der Waals surface area contributed by atoms with Gasteiger partial charge in [-0.2, -0.15) is 0 Å². The van der Waals surface area contributed by atoms with Gasteiger partial charge in [-0.25, -0.2) is 0 Å². The second-order valence-electron chi connectivity index (χ2n) is 6.44. The molecule has 0 aliphatic carbocycles. The zero-order chi connectivity index (χ0) is 20.3. The average Bonchev–Trinajstić information content (AvgIpc) is 2.67. The molecule has 2 N–H and O–H groups in total.